The van der Waals surface area contributed by atoms with E-state index in [4.69, 9.17) is 0 Å². The summed E-state index contributed by atoms with van der Waals surface area (Å²) >= 11 is 1.47. The molecule has 1 aromatic heterocycles. The van der Waals surface area contributed by atoms with Crippen LogP contribution in [0.4, 0.5) is 0 Å². The monoisotopic (exact) mass is 377 g/mol. The minimum atomic E-state index is 0.0551. The standard InChI is InChI=1S/C22H23N3OS/c1-16-6-5-9-19(14-16)25-13-12-23-22(25)27-15-20(26)24-21(18-10-11-18)17-7-3-2-4-8-17/h2-9,12-14,18,21H,10-11,15H2,1H3,(H,24,26). The Balaban J connectivity index is 1.41. The van der Waals surface area contributed by atoms with Crippen molar-refractivity contribution < 1.29 is 4.79 Å². The number of hydrogen-bond donors (Lipinski definition) is 1. The Labute approximate surface area is 164 Å². The van der Waals surface area contributed by atoms with Crippen LogP contribution in [0.15, 0.2) is 72.1 Å². The molecule has 3 aromatic rings. The lowest BCUT2D eigenvalue weighted by molar-refractivity contribution is -0.119. The van der Waals surface area contributed by atoms with Crippen molar-refractivity contribution in [3.05, 3.63) is 78.1 Å². The summed E-state index contributed by atoms with van der Waals surface area (Å²) in [5, 5.41) is 4.06. The largest absolute Gasteiger partial charge is 0.348 e. The Kier molecular flexibility index (Phi) is 5.30. The third kappa shape index (κ3) is 4.42. The van der Waals surface area contributed by atoms with Crippen LogP contribution in [0.2, 0.25) is 0 Å². The fraction of sp³-hybridized carbons (Fsp3) is 0.273. The Morgan fingerprint density at radius 3 is 2.78 bits per heavy atom. The zero-order valence-electron chi connectivity index (χ0n) is 15.3. The van der Waals surface area contributed by atoms with Crippen LogP contribution in [0.3, 0.4) is 0 Å². The highest BCUT2D eigenvalue weighted by molar-refractivity contribution is 7.99. The summed E-state index contributed by atoms with van der Waals surface area (Å²) in [7, 11) is 0. The van der Waals surface area contributed by atoms with Crippen molar-refractivity contribution in [3.8, 4) is 5.69 Å². The predicted molar refractivity (Wildman–Crippen MR) is 109 cm³/mol. The van der Waals surface area contributed by atoms with Gasteiger partial charge in [-0.25, -0.2) is 4.98 Å². The molecule has 0 radical (unpaired) electrons. The second-order valence-electron chi connectivity index (χ2n) is 7.00. The lowest BCUT2D eigenvalue weighted by Gasteiger charge is -2.18. The van der Waals surface area contributed by atoms with E-state index in [9.17, 15) is 4.79 Å². The molecule has 1 saturated carbocycles. The van der Waals surface area contributed by atoms with Gasteiger partial charge < -0.3 is 5.32 Å². The maximum absolute atomic E-state index is 12.6. The number of benzene rings is 2. The van der Waals surface area contributed by atoms with Gasteiger partial charge in [-0.05, 0) is 48.9 Å². The van der Waals surface area contributed by atoms with Crippen LogP contribution in [0, 0.1) is 12.8 Å². The summed E-state index contributed by atoms with van der Waals surface area (Å²) < 4.78 is 2.03. The molecule has 27 heavy (non-hydrogen) atoms. The lowest BCUT2D eigenvalue weighted by Crippen LogP contribution is -2.31. The third-order valence-electron chi connectivity index (χ3n) is 4.79. The molecule has 4 nitrogen and oxygen atoms in total. The fourth-order valence-electron chi connectivity index (χ4n) is 3.28. The molecule has 1 aliphatic carbocycles. The Morgan fingerprint density at radius 1 is 1.22 bits per heavy atom. The van der Waals surface area contributed by atoms with Crippen LogP contribution in [-0.2, 0) is 4.79 Å². The van der Waals surface area contributed by atoms with Crippen LogP contribution < -0.4 is 5.32 Å². The van der Waals surface area contributed by atoms with Gasteiger partial charge in [0.25, 0.3) is 0 Å². The normalized spacial score (nSPS) is 14.7. The number of imidazole rings is 1. The Bertz CT molecular complexity index is 918. The van der Waals surface area contributed by atoms with Gasteiger partial charge in [-0.1, -0.05) is 54.2 Å². The minimum absolute atomic E-state index is 0.0551. The zero-order chi connectivity index (χ0) is 18.6. The van der Waals surface area contributed by atoms with Crippen LogP contribution in [-0.4, -0.2) is 21.2 Å². The number of thioether (sulfide) groups is 1. The van der Waals surface area contributed by atoms with Gasteiger partial charge in [0.1, 0.15) is 0 Å². The van der Waals surface area contributed by atoms with Gasteiger partial charge in [0.05, 0.1) is 11.8 Å². The molecule has 0 saturated heterocycles. The van der Waals surface area contributed by atoms with Gasteiger partial charge in [0.15, 0.2) is 5.16 Å². The van der Waals surface area contributed by atoms with E-state index in [2.05, 4.69) is 47.6 Å². The number of hydrogen-bond acceptors (Lipinski definition) is 3. The molecule has 1 heterocycles. The van der Waals surface area contributed by atoms with E-state index in [1.54, 1.807) is 6.20 Å². The minimum Gasteiger partial charge on any atom is -0.348 e. The summed E-state index contributed by atoms with van der Waals surface area (Å²) in [5.41, 5.74) is 3.46. The van der Waals surface area contributed by atoms with E-state index in [0.29, 0.717) is 11.7 Å². The summed E-state index contributed by atoms with van der Waals surface area (Å²) in [6.45, 7) is 2.07. The second-order valence-corrected chi connectivity index (χ2v) is 7.94. The van der Waals surface area contributed by atoms with Crippen LogP contribution in [0.25, 0.3) is 5.69 Å². The van der Waals surface area contributed by atoms with Gasteiger partial charge >= 0.3 is 0 Å². The molecular formula is C22H23N3OS. The van der Waals surface area contributed by atoms with Crippen molar-refractivity contribution in [1.29, 1.82) is 0 Å². The van der Waals surface area contributed by atoms with Gasteiger partial charge in [0.2, 0.25) is 5.91 Å². The number of carbonyl (C=O) groups is 1. The molecule has 1 amide bonds. The quantitative estimate of drug-likeness (QED) is 0.615. The SMILES string of the molecule is Cc1cccc(-n2ccnc2SCC(=O)NC(c2ccccc2)C2CC2)c1. The van der Waals surface area contributed by atoms with Crippen molar-refractivity contribution >= 4 is 17.7 Å². The van der Waals surface area contributed by atoms with Crippen molar-refractivity contribution in [1.82, 2.24) is 14.9 Å². The number of amides is 1. The predicted octanol–water partition coefficient (Wildman–Crippen LogP) is 4.54. The molecule has 1 fully saturated rings. The first-order valence-electron chi connectivity index (χ1n) is 9.28. The van der Waals surface area contributed by atoms with Gasteiger partial charge in [-0.15, -0.1) is 0 Å². The van der Waals surface area contributed by atoms with Crippen molar-refractivity contribution in [2.45, 2.75) is 31.0 Å². The van der Waals surface area contributed by atoms with Crippen molar-refractivity contribution in [2.24, 2.45) is 5.92 Å². The highest BCUT2D eigenvalue weighted by atomic mass is 32.2. The maximum atomic E-state index is 12.6. The molecule has 1 N–H and O–H groups in total. The topological polar surface area (TPSA) is 46.9 Å². The fourth-order valence-corrected chi connectivity index (χ4v) is 4.06. The molecule has 5 heteroatoms. The van der Waals surface area contributed by atoms with E-state index < -0.39 is 0 Å². The lowest BCUT2D eigenvalue weighted by atomic mass is 10.0. The molecule has 1 unspecified atom stereocenters. The van der Waals surface area contributed by atoms with E-state index >= 15 is 0 Å². The molecule has 1 aliphatic rings. The molecule has 2 aromatic carbocycles. The molecule has 0 spiro atoms. The average Bonchev–Trinajstić information content (AvgIpc) is 3.42. The van der Waals surface area contributed by atoms with Gasteiger partial charge in [-0.2, -0.15) is 0 Å². The number of carbonyl (C=O) groups excluding carboxylic acids is 1. The molecular weight excluding hydrogens is 354 g/mol. The highest BCUT2D eigenvalue weighted by Gasteiger charge is 2.33. The molecule has 0 aliphatic heterocycles. The molecule has 4 rings (SSSR count). The number of aryl methyl sites for hydroxylation is 1. The summed E-state index contributed by atoms with van der Waals surface area (Å²) in [6, 6.07) is 18.7. The van der Waals surface area contributed by atoms with Gasteiger partial charge in [-0.3, -0.25) is 9.36 Å². The van der Waals surface area contributed by atoms with Crippen LogP contribution in [0.5, 0.6) is 0 Å². The summed E-state index contributed by atoms with van der Waals surface area (Å²) in [6.07, 6.45) is 6.08. The number of nitrogens with zero attached hydrogens (tertiary/aromatic N) is 2. The molecule has 1 atom stereocenters. The van der Waals surface area contributed by atoms with Crippen LogP contribution in [0.1, 0.15) is 30.0 Å². The van der Waals surface area contributed by atoms with E-state index in [1.165, 1.54) is 35.7 Å². The van der Waals surface area contributed by atoms with Crippen molar-refractivity contribution in [3.63, 3.8) is 0 Å². The summed E-state index contributed by atoms with van der Waals surface area (Å²) in [4.78, 5) is 17.0. The van der Waals surface area contributed by atoms with Crippen LogP contribution >= 0.6 is 11.8 Å². The Morgan fingerprint density at radius 2 is 2.04 bits per heavy atom. The maximum Gasteiger partial charge on any atom is 0.230 e. The van der Waals surface area contributed by atoms with E-state index in [0.717, 1.165) is 10.8 Å². The molecule has 0 bridgehead atoms. The van der Waals surface area contributed by atoms with E-state index in [1.807, 2.05) is 35.0 Å². The smallest absolute Gasteiger partial charge is 0.230 e. The second kappa shape index (κ2) is 8.01. The zero-order valence-corrected chi connectivity index (χ0v) is 16.2. The first kappa shape index (κ1) is 17.9. The summed E-state index contributed by atoms with van der Waals surface area (Å²) in [5.74, 6) is 0.981. The Hall–Kier alpha value is -2.53. The third-order valence-corrected chi connectivity index (χ3v) is 5.75. The van der Waals surface area contributed by atoms with E-state index in [-0.39, 0.29) is 11.9 Å². The first-order chi connectivity index (χ1) is 13.2. The van der Waals surface area contributed by atoms with Gasteiger partial charge in [0, 0.05) is 18.1 Å². The average molecular weight is 378 g/mol. The number of rotatable bonds is 7. The first-order valence-corrected chi connectivity index (χ1v) is 10.3. The highest BCUT2D eigenvalue weighted by Crippen LogP contribution is 2.41. The number of aromatic nitrogens is 2. The van der Waals surface area contributed by atoms with Crippen molar-refractivity contribution in [2.75, 3.05) is 5.75 Å². The molecule has 138 valence electrons. The number of nitrogens with one attached hydrogen (secondary N) is 1.